The van der Waals surface area contributed by atoms with Crippen LogP contribution in [0, 0.1) is 0 Å². The van der Waals surface area contributed by atoms with E-state index in [-0.39, 0.29) is 39.3 Å². The molecule has 2 atom stereocenters. The van der Waals surface area contributed by atoms with Crippen molar-refractivity contribution < 1.29 is 14.0 Å². The van der Waals surface area contributed by atoms with E-state index in [0.29, 0.717) is 48.7 Å². The molecule has 1 aliphatic rings. The lowest BCUT2D eigenvalue weighted by molar-refractivity contribution is 0.0130. The zero-order chi connectivity index (χ0) is 35.2. The van der Waals surface area contributed by atoms with Gasteiger partial charge >= 0.3 is 11.8 Å². The minimum atomic E-state index is -2.00. The molecule has 0 bridgehead atoms. The number of nitrogens with zero attached hydrogens (tertiary/aromatic N) is 6. The molecule has 47 heavy (non-hydrogen) atoms. The summed E-state index contributed by atoms with van der Waals surface area (Å²) in [6, 6.07) is 3.24. The monoisotopic (exact) mass is 704 g/mol. The van der Waals surface area contributed by atoms with Crippen LogP contribution in [0.3, 0.4) is 0 Å². The van der Waals surface area contributed by atoms with Crippen molar-refractivity contribution in [2.24, 2.45) is 0 Å². The van der Waals surface area contributed by atoms with Gasteiger partial charge in [0.15, 0.2) is 14.0 Å². The maximum Gasteiger partial charge on any atom is 0.410 e. The number of aromatic nitrogens is 4. The van der Waals surface area contributed by atoms with Crippen LogP contribution < -0.4 is 10.6 Å². The third-order valence-corrected chi connectivity index (χ3v) is 14.3. The first-order chi connectivity index (χ1) is 21.6. The van der Waals surface area contributed by atoms with E-state index in [2.05, 4.69) is 43.8 Å². The summed E-state index contributed by atoms with van der Waals surface area (Å²) in [5, 5.41) is 0.972. The summed E-state index contributed by atoms with van der Waals surface area (Å²) in [6.45, 7) is 26.0. The average Bonchev–Trinajstić information content (AvgIpc) is 2.93. The van der Waals surface area contributed by atoms with Crippen molar-refractivity contribution >= 4 is 54.5 Å². The lowest BCUT2D eigenvalue weighted by Gasteiger charge is -2.44. The molecule has 1 fully saturated rings. The molecule has 1 aliphatic heterocycles. The largest absolute Gasteiger partial charge is 0.444 e. The molecule has 4 rings (SSSR count). The van der Waals surface area contributed by atoms with Crippen LogP contribution in [0.1, 0.15) is 86.4 Å². The topological polar surface area (TPSA) is 103 Å². The molecule has 0 radical (unpaired) electrons. The first-order valence-corrected chi connectivity index (χ1v) is 20.0. The number of amides is 1. The van der Waals surface area contributed by atoms with E-state index in [9.17, 15) is 9.59 Å². The smallest absolute Gasteiger partial charge is 0.410 e. The lowest BCUT2D eigenvalue weighted by atomic mass is 10.0. The highest BCUT2D eigenvalue weighted by atomic mass is 35.5. The van der Waals surface area contributed by atoms with Crippen LogP contribution in [0.2, 0.25) is 28.3 Å². The molecule has 0 saturated carbocycles. The van der Waals surface area contributed by atoms with Crippen LogP contribution in [-0.2, 0) is 15.6 Å². The summed E-state index contributed by atoms with van der Waals surface area (Å²) < 4.78 is 13.7. The van der Waals surface area contributed by atoms with Crippen LogP contribution in [0.15, 0.2) is 23.1 Å². The van der Waals surface area contributed by atoms with Crippen LogP contribution in [0.25, 0.3) is 16.7 Å². The number of anilines is 1. The van der Waals surface area contributed by atoms with E-state index < -0.39 is 19.6 Å². The Bertz CT molecular complexity index is 1700. The summed E-state index contributed by atoms with van der Waals surface area (Å²) in [7, 11) is -2.00. The minimum Gasteiger partial charge on any atom is -0.444 e. The van der Waals surface area contributed by atoms with Crippen molar-refractivity contribution in [2.45, 2.75) is 117 Å². The summed E-state index contributed by atoms with van der Waals surface area (Å²) in [6.07, 6.45) is 1.98. The van der Waals surface area contributed by atoms with Gasteiger partial charge in [-0.15, -0.1) is 0 Å². The quantitative estimate of drug-likeness (QED) is 0.180. The molecule has 0 unspecified atom stereocenters. The average molecular weight is 706 g/mol. The van der Waals surface area contributed by atoms with Gasteiger partial charge in [-0.2, -0.15) is 4.98 Å². The number of rotatable bonds is 7. The fourth-order valence-corrected chi connectivity index (χ4v) is 6.86. The van der Waals surface area contributed by atoms with Crippen LogP contribution in [-0.4, -0.2) is 76.2 Å². The molecule has 0 N–H and O–H groups in total. The van der Waals surface area contributed by atoms with Gasteiger partial charge < -0.3 is 19.0 Å². The number of piperazine rings is 1. The maximum absolute atomic E-state index is 14.3. The number of pyridine rings is 2. The molecule has 10 nitrogen and oxygen atoms in total. The predicted molar refractivity (Wildman–Crippen MR) is 193 cm³/mol. The molecule has 258 valence electrons. The Morgan fingerprint density at radius 1 is 1.06 bits per heavy atom. The maximum atomic E-state index is 14.3. The molecule has 0 aliphatic carbocycles. The molecule has 13 heteroatoms. The Kier molecular flexibility index (Phi) is 10.8. The zero-order valence-electron chi connectivity index (χ0n) is 29.9. The molecular formula is C34H50Cl2N6O4Si. The van der Waals surface area contributed by atoms with Crippen molar-refractivity contribution in [3.05, 3.63) is 50.2 Å². The van der Waals surface area contributed by atoms with E-state index >= 15 is 0 Å². The molecule has 4 heterocycles. The number of carbonyl (C=O) groups is 1. The zero-order valence-corrected chi connectivity index (χ0v) is 32.4. The lowest BCUT2D eigenvalue weighted by Crippen LogP contribution is -2.59. The molecule has 0 aromatic carbocycles. The molecule has 1 saturated heterocycles. The third kappa shape index (κ3) is 7.95. The van der Waals surface area contributed by atoms with E-state index in [4.69, 9.17) is 37.3 Å². The first-order valence-electron chi connectivity index (χ1n) is 16.3. The summed E-state index contributed by atoms with van der Waals surface area (Å²) in [5.74, 6) is 0.436. The van der Waals surface area contributed by atoms with Crippen molar-refractivity contribution in [1.29, 1.82) is 0 Å². The van der Waals surface area contributed by atoms with Gasteiger partial charge in [0.1, 0.15) is 16.6 Å². The van der Waals surface area contributed by atoms with Gasteiger partial charge in [0.05, 0.1) is 21.8 Å². The van der Waals surface area contributed by atoms with Gasteiger partial charge in [-0.05, 0) is 82.8 Å². The second-order valence-electron chi connectivity index (χ2n) is 15.4. The Morgan fingerprint density at radius 3 is 2.32 bits per heavy atom. The van der Waals surface area contributed by atoms with Crippen molar-refractivity contribution in [2.75, 3.05) is 24.6 Å². The highest BCUT2D eigenvalue weighted by Gasteiger charge is 2.38. The van der Waals surface area contributed by atoms with Crippen LogP contribution >= 0.6 is 23.2 Å². The second-order valence-corrected chi connectivity index (χ2v) is 21.0. The highest BCUT2D eigenvalue weighted by Crippen LogP contribution is 2.37. The van der Waals surface area contributed by atoms with Gasteiger partial charge in [-0.25, -0.2) is 19.1 Å². The van der Waals surface area contributed by atoms with E-state index in [0.717, 1.165) is 11.3 Å². The fourth-order valence-electron chi connectivity index (χ4n) is 5.53. The van der Waals surface area contributed by atoms with Gasteiger partial charge in [0.25, 0.3) is 0 Å². The van der Waals surface area contributed by atoms with Gasteiger partial charge in [-0.3, -0.25) is 4.98 Å². The summed E-state index contributed by atoms with van der Waals surface area (Å²) in [5.41, 5.74) is 1.50. The summed E-state index contributed by atoms with van der Waals surface area (Å²) in [4.78, 5) is 45.1. The number of carbonyl (C=O) groups excluding carboxylic acids is 1. The Hall–Kier alpha value is -2.73. The Morgan fingerprint density at radius 2 is 1.72 bits per heavy atom. The van der Waals surface area contributed by atoms with Crippen LogP contribution in [0.4, 0.5) is 10.6 Å². The van der Waals surface area contributed by atoms with E-state index in [1.165, 1.54) is 4.57 Å². The summed E-state index contributed by atoms with van der Waals surface area (Å²) >= 11 is 13.1. The van der Waals surface area contributed by atoms with Gasteiger partial charge in [0.2, 0.25) is 0 Å². The number of hydrogen-bond donors (Lipinski definition) is 0. The SMILES string of the molecule is CC(C)c1nccc(CCO[Si](C)(C)C(C)(C)C)c1-n1c(=O)nc(N2C[C@@H](C)N(C(=O)OC(C)(C)C)C[C@@H]2C)c2cc(Cl)c(Cl)nc21. The second kappa shape index (κ2) is 13.6. The first kappa shape index (κ1) is 37.1. The van der Waals surface area contributed by atoms with E-state index in [1.807, 2.05) is 59.4 Å². The molecular weight excluding hydrogens is 655 g/mol. The molecule has 3 aromatic heterocycles. The van der Waals surface area contributed by atoms with E-state index in [1.54, 1.807) is 17.2 Å². The van der Waals surface area contributed by atoms with Gasteiger partial charge in [0, 0.05) is 38.0 Å². The number of ether oxygens (including phenoxy) is 1. The normalized spacial score (nSPS) is 17.9. The Balaban J connectivity index is 1.85. The fraction of sp³-hybridized carbons (Fsp3) is 0.618. The molecule has 0 spiro atoms. The standard InChI is InChI=1S/C34H50Cl2N6O4Si/c1-20(2)26-27(23(13-15-37-26)14-16-45-47(11,12)34(8,9)10)42-30-24(17-25(35)28(36)38-30)29(39-31(42)43)40-18-22(4)41(19-21(40)3)32(44)46-33(5,6)7/h13,15,17,20-22H,14,16,18-19H2,1-12H3/t21-,22+/m0/s1. The minimum absolute atomic E-state index is 0.00235. The number of hydrogen-bond acceptors (Lipinski definition) is 8. The third-order valence-electron chi connectivity index (χ3n) is 9.09. The number of halogens is 2. The highest BCUT2D eigenvalue weighted by molar-refractivity contribution is 6.74. The van der Waals surface area contributed by atoms with Crippen molar-refractivity contribution in [1.82, 2.24) is 24.4 Å². The van der Waals surface area contributed by atoms with Crippen LogP contribution in [0.5, 0.6) is 0 Å². The predicted octanol–water partition coefficient (Wildman–Crippen LogP) is 8.00. The van der Waals surface area contributed by atoms with Crippen molar-refractivity contribution in [3.8, 4) is 5.69 Å². The number of fused-ring (bicyclic) bond motifs is 1. The molecule has 3 aromatic rings. The Labute approximate surface area is 289 Å². The van der Waals surface area contributed by atoms with Gasteiger partial charge in [-0.1, -0.05) is 57.8 Å². The van der Waals surface area contributed by atoms with Crippen molar-refractivity contribution in [3.63, 3.8) is 0 Å². The molecule has 1 amide bonds.